The summed E-state index contributed by atoms with van der Waals surface area (Å²) in [5.41, 5.74) is 2.63. The first-order chi connectivity index (χ1) is 15.5. The highest BCUT2D eigenvalue weighted by Gasteiger charge is 2.52. The van der Waals surface area contributed by atoms with Gasteiger partial charge in [0, 0.05) is 23.5 Å². The molecule has 0 unspecified atom stereocenters. The van der Waals surface area contributed by atoms with Crippen molar-refractivity contribution in [3.63, 3.8) is 0 Å². The van der Waals surface area contributed by atoms with E-state index in [2.05, 4.69) is 10.7 Å². The van der Waals surface area contributed by atoms with Crippen molar-refractivity contribution in [3.8, 4) is 5.75 Å². The highest BCUT2D eigenvalue weighted by atomic mass is 32.1. The number of para-hydroxylation sites is 1. The van der Waals surface area contributed by atoms with Crippen LogP contribution >= 0.6 is 11.3 Å². The summed E-state index contributed by atoms with van der Waals surface area (Å²) >= 11 is 1.61. The molecule has 1 aromatic carbocycles. The van der Waals surface area contributed by atoms with E-state index in [4.69, 9.17) is 4.74 Å². The Bertz CT molecular complexity index is 972. The monoisotopic (exact) mass is 456 g/mol. The summed E-state index contributed by atoms with van der Waals surface area (Å²) < 4.78 is 5.46. The van der Waals surface area contributed by atoms with Gasteiger partial charge >= 0.3 is 6.03 Å². The second-order valence-electron chi connectivity index (χ2n) is 8.28. The van der Waals surface area contributed by atoms with Gasteiger partial charge in [-0.25, -0.2) is 4.79 Å². The number of thiophene rings is 1. The summed E-state index contributed by atoms with van der Waals surface area (Å²) in [6, 6.07) is 11.1. The van der Waals surface area contributed by atoms with Gasteiger partial charge in [0.2, 0.25) is 0 Å². The van der Waals surface area contributed by atoms with Crippen molar-refractivity contribution in [3.05, 3.63) is 52.2 Å². The molecule has 2 aliphatic rings. The largest absolute Gasteiger partial charge is 0.496 e. The van der Waals surface area contributed by atoms with Crippen LogP contribution in [0.3, 0.4) is 0 Å². The minimum Gasteiger partial charge on any atom is -0.496 e. The lowest BCUT2D eigenvalue weighted by Crippen LogP contribution is -2.52. The van der Waals surface area contributed by atoms with E-state index in [-0.39, 0.29) is 12.5 Å². The summed E-state index contributed by atoms with van der Waals surface area (Å²) in [4.78, 5) is 41.4. The van der Waals surface area contributed by atoms with Crippen LogP contribution in [0.15, 0.2) is 41.8 Å². The van der Waals surface area contributed by atoms with Gasteiger partial charge in [0.25, 0.3) is 11.8 Å². The lowest BCUT2D eigenvalue weighted by atomic mass is 9.82. The molecule has 32 heavy (non-hydrogen) atoms. The highest BCUT2D eigenvalue weighted by molar-refractivity contribution is 7.09. The number of ether oxygens (including phenoxy) is 1. The molecule has 9 heteroatoms. The lowest BCUT2D eigenvalue weighted by molar-refractivity contribution is -0.140. The van der Waals surface area contributed by atoms with E-state index in [0.29, 0.717) is 25.9 Å². The minimum atomic E-state index is -0.864. The van der Waals surface area contributed by atoms with Crippen molar-refractivity contribution < 1.29 is 19.1 Å². The molecular formula is C23H28N4O4S. The molecular weight excluding hydrogens is 428 g/mol. The van der Waals surface area contributed by atoms with Crippen LogP contribution in [-0.2, 0) is 22.7 Å². The molecule has 1 saturated carbocycles. The van der Waals surface area contributed by atoms with E-state index in [1.807, 2.05) is 46.7 Å². The number of carbonyl (C=O) groups excluding carboxylic acids is 3. The van der Waals surface area contributed by atoms with Crippen molar-refractivity contribution in [2.45, 2.75) is 50.7 Å². The Labute approximate surface area is 191 Å². The Kier molecular flexibility index (Phi) is 6.76. The molecule has 8 nitrogen and oxygen atoms in total. The first-order valence-corrected chi connectivity index (χ1v) is 11.7. The van der Waals surface area contributed by atoms with Gasteiger partial charge in [-0.15, -0.1) is 11.3 Å². The molecule has 0 atom stereocenters. The minimum absolute atomic E-state index is 0.0278. The van der Waals surface area contributed by atoms with Gasteiger partial charge < -0.3 is 10.1 Å². The molecule has 4 rings (SSSR count). The third kappa shape index (κ3) is 4.78. The number of benzene rings is 1. The molecule has 0 bridgehead atoms. The van der Waals surface area contributed by atoms with Crippen molar-refractivity contribution in [1.29, 1.82) is 0 Å². The number of hydrogen-bond donors (Lipinski definition) is 2. The Morgan fingerprint density at radius 1 is 1.16 bits per heavy atom. The standard InChI is InChI=1S/C23H28N4O4S/c1-31-19-10-4-3-8-17(19)14-26(15-18-9-7-13-32-18)16-20(28)25-27-21(29)23(24-22(27)30)11-5-2-6-12-23/h3-4,7-10,13H,2,5-6,11-12,14-16H2,1H3,(H,24,30)(H,25,28). The van der Waals surface area contributed by atoms with Crippen LogP contribution in [0.4, 0.5) is 4.79 Å². The summed E-state index contributed by atoms with van der Waals surface area (Å²) in [6.45, 7) is 1.08. The smallest absolute Gasteiger partial charge is 0.344 e. The number of rotatable bonds is 8. The van der Waals surface area contributed by atoms with Gasteiger partial charge in [0.15, 0.2) is 0 Å². The lowest BCUT2D eigenvalue weighted by Gasteiger charge is -2.30. The van der Waals surface area contributed by atoms with E-state index < -0.39 is 17.5 Å². The maximum atomic E-state index is 12.9. The Morgan fingerprint density at radius 2 is 1.94 bits per heavy atom. The Balaban J connectivity index is 1.45. The maximum Gasteiger partial charge on any atom is 0.344 e. The number of urea groups is 1. The number of nitrogens with one attached hydrogen (secondary N) is 2. The van der Waals surface area contributed by atoms with Gasteiger partial charge in [-0.1, -0.05) is 43.5 Å². The average molecular weight is 457 g/mol. The number of hydrogen-bond acceptors (Lipinski definition) is 6. The fourth-order valence-electron chi connectivity index (χ4n) is 4.44. The van der Waals surface area contributed by atoms with Crippen LogP contribution in [0.5, 0.6) is 5.75 Å². The molecule has 1 aliphatic heterocycles. The van der Waals surface area contributed by atoms with Crippen LogP contribution in [-0.4, -0.2) is 46.9 Å². The van der Waals surface area contributed by atoms with Crippen molar-refractivity contribution in [1.82, 2.24) is 20.7 Å². The summed E-state index contributed by atoms with van der Waals surface area (Å²) in [5, 5.41) is 5.67. The number of amides is 4. The zero-order valence-corrected chi connectivity index (χ0v) is 19.0. The third-order valence-corrected chi connectivity index (χ3v) is 6.88. The van der Waals surface area contributed by atoms with Gasteiger partial charge in [-0.2, -0.15) is 5.01 Å². The molecule has 1 spiro atoms. The Hall–Kier alpha value is -2.91. The quantitative estimate of drug-likeness (QED) is 0.596. The molecule has 2 fully saturated rings. The number of imide groups is 1. The fourth-order valence-corrected chi connectivity index (χ4v) is 5.19. The molecule has 170 valence electrons. The van der Waals surface area contributed by atoms with Crippen LogP contribution < -0.4 is 15.5 Å². The fraction of sp³-hybridized carbons (Fsp3) is 0.435. The second kappa shape index (κ2) is 9.70. The first-order valence-electron chi connectivity index (χ1n) is 10.8. The second-order valence-corrected chi connectivity index (χ2v) is 9.32. The molecule has 1 aliphatic carbocycles. The molecule has 0 radical (unpaired) electrons. The average Bonchev–Trinajstić information content (AvgIpc) is 3.37. The SMILES string of the molecule is COc1ccccc1CN(CC(=O)NN1C(=O)NC2(CCCCC2)C1=O)Cc1cccs1. The van der Waals surface area contributed by atoms with Gasteiger partial charge in [-0.05, 0) is 30.4 Å². The zero-order valence-electron chi connectivity index (χ0n) is 18.1. The van der Waals surface area contributed by atoms with Crippen molar-refractivity contribution in [2.75, 3.05) is 13.7 Å². The topological polar surface area (TPSA) is 91.0 Å². The summed E-state index contributed by atoms with van der Waals surface area (Å²) in [5.74, 6) is -0.0182. The first kappa shape index (κ1) is 22.3. The van der Waals surface area contributed by atoms with E-state index in [0.717, 1.165) is 40.5 Å². The van der Waals surface area contributed by atoms with Gasteiger partial charge in [0.1, 0.15) is 11.3 Å². The number of hydrazine groups is 1. The van der Waals surface area contributed by atoms with Crippen molar-refractivity contribution >= 4 is 29.2 Å². The predicted octanol–water partition coefficient (Wildman–Crippen LogP) is 3.04. The van der Waals surface area contributed by atoms with E-state index >= 15 is 0 Å². The number of nitrogens with zero attached hydrogens (tertiary/aromatic N) is 2. The number of methoxy groups -OCH3 is 1. The summed E-state index contributed by atoms with van der Waals surface area (Å²) in [7, 11) is 1.62. The van der Waals surface area contributed by atoms with E-state index in [1.54, 1.807) is 18.4 Å². The normalized spacial score (nSPS) is 17.6. The molecule has 4 amide bonds. The van der Waals surface area contributed by atoms with Crippen LogP contribution in [0.25, 0.3) is 0 Å². The van der Waals surface area contributed by atoms with Crippen LogP contribution in [0.1, 0.15) is 42.5 Å². The van der Waals surface area contributed by atoms with Crippen LogP contribution in [0.2, 0.25) is 0 Å². The molecule has 2 N–H and O–H groups in total. The van der Waals surface area contributed by atoms with Crippen molar-refractivity contribution in [2.24, 2.45) is 0 Å². The predicted molar refractivity (Wildman–Crippen MR) is 121 cm³/mol. The summed E-state index contributed by atoms with van der Waals surface area (Å²) in [6.07, 6.45) is 4.06. The maximum absolute atomic E-state index is 12.9. The molecule has 2 aromatic rings. The highest BCUT2D eigenvalue weighted by Crippen LogP contribution is 2.33. The van der Waals surface area contributed by atoms with Crippen LogP contribution in [0, 0.1) is 0 Å². The van der Waals surface area contributed by atoms with Gasteiger partial charge in [0.05, 0.1) is 13.7 Å². The molecule has 2 heterocycles. The van der Waals surface area contributed by atoms with Gasteiger partial charge in [-0.3, -0.25) is 19.9 Å². The molecule has 1 saturated heterocycles. The molecule has 1 aromatic heterocycles. The van der Waals surface area contributed by atoms with E-state index in [1.165, 1.54) is 0 Å². The third-order valence-electron chi connectivity index (χ3n) is 6.02. The Morgan fingerprint density at radius 3 is 2.66 bits per heavy atom. The van der Waals surface area contributed by atoms with E-state index in [9.17, 15) is 14.4 Å². The number of carbonyl (C=O) groups is 3. The zero-order chi connectivity index (χ0) is 22.6.